The fraction of sp³-hybridized carbons (Fsp3) is 0.300. The summed E-state index contributed by atoms with van der Waals surface area (Å²) in [5, 5.41) is 9.74. The van der Waals surface area contributed by atoms with Crippen LogP contribution in [0.5, 0.6) is 0 Å². The van der Waals surface area contributed by atoms with E-state index < -0.39 is 6.16 Å². The van der Waals surface area contributed by atoms with Crippen molar-refractivity contribution in [2.45, 2.75) is 25.3 Å². The van der Waals surface area contributed by atoms with E-state index in [9.17, 15) is 9.59 Å². The van der Waals surface area contributed by atoms with E-state index in [1.54, 1.807) is 23.1 Å². The molecule has 5 nitrogen and oxygen atoms in total. The van der Waals surface area contributed by atoms with Gasteiger partial charge in [0.15, 0.2) is 0 Å². The van der Waals surface area contributed by atoms with Gasteiger partial charge in [0.25, 0.3) is 0 Å². The summed E-state index contributed by atoms with van der Waals surface area (Å²) < 4.78 is 4.79. The summed E-state index contributed by atoms with van der Waals surface area (Å²) in [6.45, 7) is 2.32. The molecule has 0 unspecified atom stereocenters. The number of hydrogen-bond donors (Lipinski definition) is 1. The van der Waals surface area contributed by atoms with Crippen molar-refractivity contribution in [2.24, 2.45) is 0 Å². The Morgan fingerprint density at radius 2 is 1.74 bits per heavy atom. The lowest BCUT2D eigenvalue weighted by molar-refractivity contribution is -0.133. The van der Waals surface area contributed by atoms with Gasteiger partial charge in [-0.1, -0.05) is 53.5 Å². The molecule has 0 radical (unpaired) electrons. The van der Waals surface area contributed by atoms with Crippen molar-refractivity contribution in [3.05, 3.63) is 69.2 Å². The minimum Gasteiger partial charge on any atom is -0.450 e. The van der Waals surface area contributed by atoms with Crippen LogP contribution < -0.4 is 0 Å². The molecule has 0 aromatic heterocycles. The van der Waals surface area contributed by atoms with Crippen molar-refractivity contribution in [1.82, 2.24) is 4.90 Å². The van der Waals surface area contributed by atoms with Gasteiger partial charge < -0.3 is 14.7 Å². The first kappa shape index (κ1) is 19.5. The lowest BCUT2D eigenvalue weighted by Crippen LogP contribution is -2.43. The van der Waals surface area contributed by atoms with Gasteiger partial charge in [-0.15, -0.1) is 0 Å². The fourth-order valence-corrected chi connectivity index (χ4v) is 4.04. The second-order valence-electron chi connectivity index (χ2n) is 6.50. The average Bonchev–Trinajstić information content (AvgIpc) is 2.64. The van der Waals surface area contributed by atoms with E-state index in [4.69, 9.17) is 33.0 Å². The largest absolute Gasteiger partial charge is 0.505 e. The molecule has 1 aliphatic rings. The molecular formula is C20H19Cl2NO4. The van der Waals surface area contributed by atoms with Crippen LogP contribution >= 0.6 is 23.2 Å². The molecule has 3 rings (SSSR count). The normalized spacial score (nSPS) is 18.7. The number of benzene rings is 2. The zero-order valence-electron chi connectivity index (χ0n) is 14.7. The molecule has 0 saturated carbocycles. The first-order chi connectivity index (χ1) is 12.9. The molecular weight excluding hydrogens is 389 g/mol. The maximum absolute atomic E-state index is 13.0. The summed E-state index contributed by atoms with van der Waals surface area (Å²) in [6, 6.07) is 12.7. The van der Waals surface area contributed by atoms with Gasteiger partial charge >= 0.3 is 6.16 Å². The van der Waals surface area contributed by atoms with Crippen LogP contribution in [0.15, 0.2) is 42.5 Å². The van der Waals surface area contributed by atoms with Gasteiger partial charge in [0.2, 0.25) is 5.91 Å². The van der Waals surface area contributed by atoms with Crippen LogP contribution in [-0.4, -0.2) is 35.2 Å². The van der Waals surface area contributed by atoms with Crippen LogP contribution in [0.4, 0.5) is 4.79 Å². The zero-order chi connectivity index (χ0) is 19.6. The summed E-state index contributed by atoms with van der Waals surface area (Å²) in [7, 11) is 0. The van der Waals surface area contributed by atoms with Gasteiger partial charge in [-0.25, -0.2) is 4.79 Å². The number of halogens is 2. The number of rotatable bonds is 4. The average molecular weight is 408 g/mol. The van der Waals surface area contributed by atoms with E-state index in [1.807, 2.05) is 31.2 Å². The van der Waals surface area contributed by atoms with Gasteiger partial charge in [0.05, 0.1) is 12.5 Å². The summed E-state index contributed by atoms with van der Waals surface area (Å²) in [5.41, 5.74) is 2.59. The van der Waals surface area contributed by atoms with E-state index in [1.165, 1.54) is 0 Å². The van der Waals surface area contributed by atoms with Crippen molar-refractivity contribution in [2.75, 3.05) is 13.2 Å². The van der Waals surface area contributed by atoms with Gasteiger partial charge in [0.1, 0.15) is 6.61 Å². The molecule has 1 amide bonds. The van der Waals surface area contributed by atoms with Crippen LogP contribution in [0.3, 0.4) is 0 Å². The first-order valence-corrected chi connectivity index (χ1v) is 9.31. The number of hydrogen-bond acceptors (Lipinski definition) is 3. The molecule has 2 aromatic carbocycles. The number of amides is 1. The Morgan fingerprint density at radius 1 is 1.11 bits per heavy atom. The van der Waals surface area contributed by atoms with Gasteiger partial charge in [-0.2, -0.15) is 0 Å². The minimum absolute atomic E-state index is 0.00427. The topological polar surface area (TPSA) is 66.8 Å². The second kappa shape index (κ2) is 8.19. The summed E-state index contributed by atoms with van der Waals surface area (Å²) in [5.74, 6) is -0.341. The van der Waals surface area contributed by atoms with E-state index in [0.29, 0.717) is 22.2 Å². The van der Waals surface area contributed by atoms with Crippen molar-refractivity contribution < 1.29 is 19.4 Å². The van der Waals surface area contributed by atoms with Crippen LogP contribution in [0.25, 0.3) is 0 Å². The number of carboxylic acid groups (broad SMARTS) is 1. The SMILES string of the molecule is C[C@H]1c2ccccc2[C@H](COC(=O)O)CN1C(=O)Cc1c(Cl)cccc1Cl. The highest BCUT2D eigenvalue weighted by atomic mass is 35.5. The predicted octanol–water partition coefficient (Wildman–Crippen LogP) is 4.92. The Balaban J connectivity index is 1.87. The maximum Gasteiger partial charge on any atom is 0.505 e. The van der Waals surface area contributed by atoms with Crippen LogP contribution in [0.2, 0.25) is 10.0 Å². The van der Waals surface area contributed by atoms with Gasteiger partial charge in [-0.05, 0) is 35.7 Å². The summed E-state index contributed by atoms with van der Waals surface area (Å²) in [4.78, 5) is 25.6. The van der Waals surface area contributed by atoms with E-state index in [-0.39, 0.29) is 30.9 Å². The van der Waals surface area contributed by atoms with Crippen molar-refractivity contribution in [3.8, 4) is 0 Å². The maximum atomic E-state index is 13.0. The quantitative estimate of drug-likeness (QED) is 0.730. The molecule has 0 fully saturated rings. The summed E-state index contributed by atoms with van der Waals surface area (Å²) >= 11 is 12.4. The number of carbonyl (C=O) groups excluding carboxylic acids is 1. The molecule has 142 valence electrons. The highest BCUT2D eigenvalue weighted by molar-refractivity contribution is 6.36. The summed E-state index contributed by atoms with van der Waals surface area (Å²) in [6.07, 6.45) is -1.25. The highest BCUT2D eigenvalue weighted by Crippen LogP contribution is 2.37. The standard InChI is InChI=1S/C20H19Cl2NO4/c1-12-14-5-2-3-6-15(14)13(11-27-20(25)26)10-23(12)19(24)9-16-17(21)7-4-8-18(16)22/h2-8,12-13H,9-11H2,1H3,(H,25,26)/t12-,13-/m0/s1. The van der Waals surface area contributed by atoms with Crippen molar-refractivity contribution >= 4 is 35.3 Å². The third-order valence-electron chi connectivity index (χ3n) is 4.89. The Bertz CT molecular complexity index is 851. The molecule has 1 aliphatic heterocycles. The molecule has 2 aromatic rings. The lowest BCUT2D eigenvalue weighted by atomic mass is 9.86. The highest BCUT2D eigenvalue weighted by Gasteiger charge is 2.34. The Kier molecular flexibility index (Phi) is 5.92. The molecule has 27 heavy (non-hydrogen) atoms. The Morgan fingerprint density at radius 3 is 2.37 bits per heavy atom. The molecule has 1 heterocycles. The molecule has 0 saturated heterocycles. The lowest BCUT2D eigenvalue weighted by Gasteiger charge is -2.39. The molecule has 0 bridgehead atoms. The monoisotopic (exact) mass is 407 g/mol. The van der Waals surface area contributed by atoms with Gasteiger partial charge in [-0.3, -0.25) is 4.79 Å². The van der Waals surface area contributed by atoms with Crippen molar-refractivity contribution in [3.63, 3.8) is 0 Å². The van der Waals surface area contributed by atoms with E-state index in [0.717, 1.165) is 11.1 Å². The van der Waals surface area contributed by atoms with Crippen LogP contribution in [-0.2, 0) is 16.0 Å². The smallest absolute Gasteiger partial charge is 0.450 e. The second-order valence-corrected chi connectivity index (χ2v) is 7.32. The molecule has 7 heteroatoms. The third kappa shape index (κ3) is 4.20. The number of fused-ring (bicyclic) bond motifs is 1. The van der Waals surface area contributed by atoms with E-state index in [2.05, 4.69) is 0 Å². The minimum atomic E-state index is -1.33. The van der Waals surface area contributed by atoms with E-state index >= 15 is 0 Å². The van der Waals surface area contributed by atoms with Crippen LogP contribution in [0.1, 0.15) is 35.6 Å². The Labute approximate surface area is 167 Å². The van der Waals surface area contributed by atoms with Crippen LogP contribution in [0, 0.1) is 0 Å². The van der Waals surface area contributed by atoms with Gasteiger partial charge in [0, 0.05) is 22.5 Å². The van der Waals surface area contributed by atoms with Crippen molar-refractivity contribution in [1.29, 1.82) is 0 Å². The number of ether oxygens (including phenoxy) is 1. The Hall–Kier alpha value is -2.24. The number of nitrogens with zero attached hydrogens (tertiary/aromatic N) is 1. The predicted molar refractivity (Wildman–Crippen MR) is 103 cm³/mol. The molecule has 1 N–H and O–H groups in total. The molecule has 0 aliphatic carbocycles. The molecule has 0 spiro atoms. The fourth-order valence-electron chi connectivity index (χ4n) is 3.51. The first-order valence-electron chi connectivity index (χ1n) is 8.55. The third-order valence-corrected chi connectivity index (χ3v) is 5.60. The molecule has 2 atom stereocenters. The number of carbonyl (C=O) groups is 2. The zero-order valence-corrected chi connectivity index (χ0v) is 16.2.